The molecule has 2 rings (SSSR count). The topological polar surface area (TPSA) is 46.2 Å². The van der Waals surface area contributed by atoms with Gasteiger partial charge in [0.2, 0.25) is 0 Å². The summed E-state index contributed by atoms with van der Waals surface area (Å²) in [7, 11) is 0. The van der Waals surface area contributed by atoms with E-state index in [1.807, 2.05) is 0 Å². The Hall–Kier alpha value is -1.00. The number of hydrogen-bond acceptors (Lipinski definition) is 2. The molecule has 1 aliphatic rings. The molecule has 1 aliphatic carbocycles. The summed E-state index contributed by atoms with van der Waals surface area (Å²) in [6.45, 7) is 0. The molecule has 0 aliphatic heterocycles. The second-order valence-electron chi connectivity index (χ2n) is 3.23. The monoisotopic (exact) mass is 185 g/mol. The van der Waals surface area contributed by atoms with E-state index in [2.05, 4.69) is 0 Å². The van der Waals surface area contributed by atoms with Crippen molar-refractivity contribution in [1.82, 2.24) is 0 Å². The number of aliphatic hydroxyl groups excluding tert-OH is 1. The number of rotatable bonds is 0. The number of aliphatic hydroxyl groups is 1. The van der Waals surface area contributed by atoms with Crippen LogP contribution in [0.1, 0.15) is 17.2 Å². The second kappa shape index (κ2) is 2.75. The Labute approximate surface area is 74.0 Å². The Bertz CT molecular complexity index is 354. The van der Waals surface area contributed by atoms with Gasteiger partial charge >= 0.3 is 0 Å². The highest BCUT2D eigenvalue weighted by molar-refractivity contribution is 5.38. The van der Waals surface area contributed by atoms with E-state index in [0.29, 0.717) is 0 Å². The summed E-state index contributed by atoms with van der Waals surface area (Å²) in [6, 6.07) is 1.47. The van der Waals surface area contributed by atoms with Gasteiger partial charge in [0.15, 0.2) is 0 Å². The maximum atomic E-state index is 13.1. The van der Waals surface area contributed by atoms with E-state index in [9.17, 15) is 13.9 Å². The molecule has 0 saturated carbocycles. The van der Waals surface area contributed by atoms with Crippen LogP contribution in [0, 0.1) is 11.6 Å². The first-order valence-electron chi connectivity index (χ1n) is 4.01. The summed E-state index contributed by atoms with van der Waals surface area (Å²) < 4.78 is 26.2. The standard InChI is InChI=1S/C9H9F2NO/c10-5-1-2-6(11)8-4(5)3-7(12)9(8)13/h1-2,7,9,13H,3,12H2/t7-,9-/m0/s1. The van der Waals surface area contributed by atoms with Crippen LogP contribution in [-0.2, 0) is 6.42 Å². The molecule has 0 saturated heterocycles. The van der Waals surface area contributed by atoms with Crippen molar-refractivity contribution < 1.29 is 13.9 Å². The summed E-state index contributed by atoms with van der Waals surface area (Å²) in [5, 5.41) is 9.42. The molecule has 0 radical (unpaired) electrons. The van der Waals surface area contributed by atoms with Crippen LogP contribution in [0.5, 0.6) is 0 Å². The Kier molecular flexibility index (Phi) is 1.82. The zero-order valence-corrected chi connectivity index (χ0v) is 6.80. The number of halogens is 2. The van der Waals surface area contributed by atoms with E-state index < -0.39 is 23.8 Å². The Balaban J connectivity index is 2.61. The fourth-order valence-corrected chi connectivity index (χ4v) is 1.70. The molecule has 0 aromatic heterocycles. The minimum Gasteiger partial charge on any atom is -0.387 e. The van der Waals surface area contributed by atoms with Gasteiger partial charge in [0.05, 0.1) is 6.10 Å². The van der Waals surface area contributed by atoms with Crippen LogP contribution >= 0.6 is 0 Å². The highest BCUT2D eigenvalue weighted by Crippen LogP contribution is 2.33. The van der Waals surface area contributed by atoms with Crippen molar-refractivity contribution in [3.8, 4) is 0 Å². The zero-order chi connectivity index (χ0) is 9.59. The summed E-state index contributed by atoms with van der Waals surface area (Å²) in [5.41, 5.74) is 5.71. The van der Waals surface area contributed by atoms with E-state index in [1.165, 1.54) is 0 Å². The Morgan fingerprint density at radius 1 is 1.31 bits per heavy atom. The zero-order valence-electron chi connectivity index (χ0n) is 6.80. The molecule has 0 heterocycles. The van der Waals surface area contributed by atoms with Gasteiger partial charge in [-0.25, -0.2) is 8.78 Å². The van der Waals surface area contributed by atoms with Gasteiger partial charge < -0.3 is 10.8 Å². The van der Waals surface area contributed by atoms with Crippen molar-refractivity contribution in [2.24, 2.45) is 5.73 Å². The van der Waals surface area contributed by atoms with Crippen LogP contribution < -0.4 is 5.73 Å². The van der Waals surface area contributed by atoms with Crippen LogP contribution in [-0.4, -0.2) is 11.1 Å². The molecule has 0 fully saturated rings. The third-order valence-electron chi connectivity index (χ3n) is 2.39. The van der Waals surface area contributed by atoms with E-state index in [1.54, 1.807) is 0 Å². The molecule has 1 aromatic carbocycles. The second-order valence-corrected chi connectivity index (χ2v) is 3.23. The molecule has 0 spiro atoms. The molecule has 1 aromatic rings. The van der Waals surface area contributed by atoms with Gasteiger partial charge in [0, 0.05) is 11.6 Å². The lowest BCUT2D eigenvalue weighted by Crippen LogP contribution is -2.24. The molecule has 3 N–H and O–H groups in total. The van der Waals surface area contributed by atoms with Gasteiger partial charge in [-0.1, -0.05) is 0 Å². The summed E-state index contributed by atoms with van der Waals surface area (Å²) in [4.78, 5) is 0. The highest BCUT2D eigenvalue weighted by Gasteiger charge is 2.32. The average molecular weight is 185 g/mol. The summed E-state index contributed by atoms with van der Waals surface area (Å²) in [6.07, 6.45) is -0.884. The minimum absolute atomic E-state index is 0.0208. The van der Waals surface area contributed by atoms with Crippen molar-refractivity contribution >= 4 is 0 Å². The number of fused-ring (bicyclic) bond motifs is 1. The third kappa shape index (κ3) is 1.14. The fourth-order valence-electron chi connectivity index (χ4n) is 1.70. The Morgan fingerprint density at radius 3 is 2.54 bits per heavy atom. The van der Waals surface area contributed by atoms with Gasteiger partial charge in [0.25, 0.3) is 0 Å². The van der Waals surface area contributed by atoms with E-state index in [0.717, 1.165) is 12.1 Å². The Morgan fingerprint density at radius 2 is 1.92 bits per heavy atom. The first-order chi connectivity index (χ1) is 6.11. The lowest BCUT2D eigenvalue weighted by atomic mass is 10.1. The molecule has 2 nitrogen and oxygen atoms in total. The van der Waals surface area contributed by atoms with Crippen LogP contribution in [0.3, 0.4) is 0 Å². The van der Waals surface area contributed by atoms with Gasteiger partial charge in [-0.15, -0.1) is 0 Å². The third-order valence-corrected chi connectivity index (χ3v) is 2.39. The predicted octanol–water partition coefficient (Wildman–Crippen LogP) is 0.882. The lowest BCUT2D eigenvalue weighted by molar-refractivity contribution is 0.155. The molecule has 4 heteroatoms. The fraction of sp³-hybridized carbons (Fsp3) is 0.333. The van der Waals surface area contributed by atoms with Gasteiger partial charge in [0.1, 0.15) is 11.6 Å². The van der Waals surface area contributed by atoms with Gasteiger partial charge in [-0.05, 0) is 24.1 Å². The van der Waals surface area contributed by atoms with E-state index in [4.69, 9.17) is 5.73 Å². The van der Waals surface area contributed by atoms with Crippen molar-refractivity contribution in [2.75, 3.05) is 0 Å². The average Bonchev–Trinajstić information content (AvgIpc) is 2.38. The predicted molar refractivity (Wildman–Crippen MR) is 43.0 cm³/mol. The van der Waals surface area contributed by atoms with Crippen LogP contribution in [0.4, 0.5) is 8.78 Å². The number of benzene rings is 1. The SMILES string of the molecule is N[C@H]1Cc2c(F)ccc(F)c2[C@H]1O. The maximum absolute atomic E-state index is 13.1. The largest absolute Gasteiger partial charge is 0.387 e. The van der Waals surface area contributed by atoms with Crippen molar-refractivity contribution in [2.45, 2.75) is 18.6 Å². The van der Waals surface area contributed by atoms with Crippen LogP contribution in [0.2, 0.25) is 0 Å². The molecular formula is C9H9F2NO. The first-order valence-corrected chi connectivity index (χ1v) is 4.01. The molecule has 0 unspecified atom stereocenters. The molecule has 0 bridgehead atoms. The summed E-state index contributed by atoms with van der Waals surface area (Å²) in [5.74, 6) is -1.08. The van der Waals surface area contributed by atoms with Gasteiger partial charge in [-0.3, -0.25) is 0 Å². The lowest BCUT2D eigenvalue weighted by Gasteiger charge is -2.08. The van der Waals surface area contributed by atoms with Gasteiger partial charge in [-0.2, -0.15) is 0 Å². The first kappa shape index (κ1) is 8.59. The minimum atomic E-state index is -1.08. The summed E-state index contributed by atoms with van der Waals surface area (Å²) >= 11 is 0. The molecule has 70 valence electrons. The highest BCUT2D eigenvalue weighted by atomic mass is 19.1. The molecular weight excluding hydrogens is 176 g/mol. The molecule has 13 heavy (non-hydrogen) atoms. The quantitative estimate of drug-likeness (QED) is 0.630. The van der Waals surface area contributed by atoms with Crippen molar-refractivity contribution in [1.29, 1.82) is 0 Å². The smallest absolute Gasteiger partial charge is 0.129 e. The van der Waals surface area contributed by atoms with E-state index >= 15 is 0 Å². The number of hydrogen-bond donors (Lipinski definition) is 2. The van der Waals surface area contributed by atoms with Crippen LogP contribution in [0.15, 0.2) is 12.1 Å². The molecule has 0 amide bonds. The maximum Gasteiger partial charge on any atom is 0.129 e. The molecule has 2 atom stereocenters. The normalized spacial score (nSPS) is 26.2. The van der Waals surface area contributed by atoms with E-state index in [-0.39, 0.29) is 17.5 Å². The van der Waals surface area contributed by atoms with Crippen molar-refractivity contribution in [3.05, 3.63) is 34.9 Å². The van der Waals surface area contributed by atoms with Crippen molar-refractivity contribution in [3.63, 3.8) is 0 Å². The van der Waals surface area contributed by atoms with Crippen LogP contribution in [0.25, 0.3) is 0 Å². The number of nitrogens with two attached hydrogens (primary N) is 1.